The Balaban J connectivity index is -0.000000142. The molecule has 0 heterocycles. The van der Waals surface area contributed by atoms with Crippen LogP contribution in [0.3, 0.4) is 0 Å². The maximum absolute atomic E-state index is 9.90. The molecule has 0 amide bonds. The van der Waals surface area contributed by atoms with Crippen LogP contribution in [0.5, 0.6) is 0 Å². The summed E-state index contributed by atoms with van der Waals surface area (Å²) >= 11 is 0. The summed E-state index contributed by atoms with van der Waals surface area (Å²) in [6, 6.07) is 0. The van der Waals surface area contributed by atoms with Gasteiger partial charge in [-0.15, -0.1) is 13.2 Å². The Morgan fingerprint density at radius 1 is 1.31 bits per heavy atom. The van der Waals surface area contributed by atoms with Crippen molar-refractivity contribution in [2.45, 2.75) is 27.7 Å². The van der Waals surface area contributed by atoms with Gasteiger partial charge in [-0.25, -0.2) is 0 Å². The lowest BCUT2D eigenvalue weighted by molar-refractivity contribution is -0.151. The number of carbonyl (C=O) groups is 1. The highest BCUT2D eigenvalue weighted by atomic mass is 16.7. The first-order valence-corrected chi connectivity index (χ1v) is 4.13. The van der Waals surface area contributed by atoms with E-state index in [4.69, 9.17) is 0 Å². The van der Waals surface area contributed by atoms with Crippen LogP contribution in [0.4, 0.5) is 0 Å². The molecule has 3 heteroatoms. The number of ether oxygens (including phenoxy) is 2. The van der Waals surface area contributed by atoms with Gasteiger partial charge >= 0.3 is 5.97 Å². The molecule has 0 atom stereocenters. The van der Waals surface area contributed by atoms with Crippen LogP contribution < -0.4 is 0 Å². The molecule has 0 aromatic rings. The monoisotopic (exact) mass is 190 g/mol. The van der Waals surface area contributed by atoms with E-state index in [1.807, 2.05) is 0 Å². The zero-order valence-electron chi connectivity index (χ0n) is 9.42. The van der Waals surface area contributed by atoms with Gasteiger partial charge in [0.15, 0.2) is 6.79 Å². The first-order chi connectivity index (χ1) is 6.00. The van der Waals surface area contributed by atoms with E-state index in [1.54, 1.807) is 0 Å². The molecule has 0 aliphatic rings. The Bertz CT molecular complexity index is 97.6. The largest absolute Gasteiger partial charge is 0.439 e. The Morgan fingerprint density at radius 2 is 1.62 bits per heavy atom. The van der Waals surface area contributed by atoms with Crippen LogP contribution in [0.1, 0.15) is 27.7 Å². The summed E-state index contributed by atoms with van der Waals surface area (Å²) in [7, 11) is 1.46. The summed E-state index contributed by atoms with van der Waals surface area (Å²) < 4.78 is 8.74. The summed E-state index contributed by atoms with van der Waals surface area (Å²) in [5.41, 5.74) is 0. The summed E-state index contributed by atoms with van der Waals surface area (Å²) in [6.45, 7) is 13.9. The van der Waals surface area contributed by atoms with Crippen molar-refractivity contribution in [3.63, 3.8) is 0 Å². The van der Waals surface area contributed by atoms with Gasteiger partial charge in [-0.1, -0.05) is 20.8 Å². The van der Waals surface area contributed by atoms with Crippen molar-refractivity contribution in [1.82, 2.24) is 0 Å². The highest BCUT2D eigenvalue weighted by Crippen LogP contribution is 1.81. The second-order valence-corrected chi connectivity index (χ2v) is 2.77. The number of methoxy groups -OCH3 is 1. The number of carbonyl (C=O) groups excluding carboxylic acids is 1. The molecule has 0 fully saturated rings. The second kappa shape index (κ2) is 17.3. The minimum Gasteiger partial charge on any atom is -0.439 e. The number of rotatable bonds is 2. The van der Waals surface area contributed by atoms with E-state index in [0.29, 0.717) is 0 Å². The van der Waals surface area contributed by atoms with E-state index >= 15 is 0 Å². The summed E-state index contributed by atoms with van der Waals surface area (Å²) in [5.74, 6) is 0.516. The van der Waals surface area contributed by atoms with Crippen LogP contribution >= 0.6 is 0 Å². The Labute approximate surface area is 81.7 Å². The highest BCUT2D eigenvalue weighted by molar-refractivity contribution is 5.65. The fourth-order valence-corrected chi connectivity index (χ4v) is 0.142. The topological polar surface area (TPSA) is 35.5 Å². The normalized spacial score (nSPS) is 7.54. The molecule has 13 heavy (non-hydrogen) atoms. The third-order valence-corrected chi connectivity index (χ3v) is 0.380. The number of hydrogen-bond donors (Lipinski definition) is 0. The van der Waals surface area contributed by atoms with Gasteiger partial charge in [0.25, 0.3) is 0 Å². The highest BCUT2D eigenvalue weighted by Gasteiger charge is 1.85. The van der Waals surface area contributed by atoms with Crippen LogP contribution in [0.15, 0.2) is 13.2 Å². The smallest absolute Gasteiger partial charge is 0.304 e. The lowest BCUT2D eigenvalue weighted by atomic mass is 10.3. The molecule has 80 valence electrons. The van der Waals surface area contributed by atoms with Crippen LogP contribution in [-0.2, 0) is 14.3 Å². The maximum atomic E-state index is 9.90. The van der Waals surface area contributed by atoms with Crippen LogP contribution in [0.25, 0.3) is 0 Å². The van der Waals surface area contributed by atoms with E-state index in [2.05, 4.69) is 43.4 Å². The summed E-state index contributed by atoms with van der Waals surface area (Å²) in [4.78, 5) is 9.90. The summed E-state index contributed by atoms with van der Waals surface area (Å²) in [5, 5.41) is 0. The lowest BCUT2D eigenvalue weighted by Crippen LogP contribution is -2.00. The molecule has 0 aromatic heterocycles. The molecule has 0 saturated heterocycles. The van der Waals surface area contributed by atoms with Crippen molar-refractivity contribution < 1.29 is 14.3 Å². The van der Waals surface area contributed by atoms with Gasteiger partial charge in [-0.05, 0) is 5.92 Å². The molecule has 0 rings (SSSR count). The van der Waals surface area contributed by atoms with Crippen molar-refractivity contribution in [1.29, 1.82) is 0 Å². The first-order valence-electron chi connectivity index (χ1n) is 4.13. The van der Waals surface area contributed by atoms with Gasteiger partial charge in [-0.2, -0.15) is 0 Å². The van der Waals surface area contributed by atoms with Crippen LogP contribution in [0.2, 0.25) is 0 Å². The average Bonchev–Trinajstić information content (AvgIpc) is 2.03. The molecular formula is C10H22O3. The first kappa shape index (κ1) is 18.1. The lowest BCUT2D eigenvalue weighted by Gasteiger charge is -1.95. The van der Waals surface area contributed by atoms with Crippen molar-refractivity contribution in [2.24, 2.45) is 5.92 Å². The quantitative estimate of drug-likeness (QED) is 0.381. The van der Waals surface area contributed by atoms with E-state index in [1.165, 1.54) is 14.0 Å². The van der Waals surface area contributed by atoms with Gasteiger partial charge in [-0.3, -0.25) is 4.79 Å². The molecule has 0 spiro atoms. The van der Waals surface area contributed by atoms with Gasteiger partial charge in [0.2, 0.25) is 0 Å². The molecule has 0 unspecified atom stereocenters. The molecule has 0 N–H and O–H groups in total. The van der Waals surface area contributed by atoms with Crippen LogP contribution in [-0.4, -0.2) is 19.9 Å². The van der Waals surface area contributed by atoms with E-state index < -0.39 is 0 Å². The van der Waals surface area contributed by atoms with E-state index in [-0.39, 0.29) is 12.8 Å². The van der Waals surface area contributed by atoms with Crippen molar-refractivity contribution in [3.8, 4) is 0 Å². The van der Waals surface area contributed by atoms with Crippen molar-refractivity contribution >= 4 is 5.97 Å². The molecular weight excluding hydrogens is 168 g/mol. The predicted molar refractivity (Wildman–Crippen MR) is 55.4 cm³/mol. The maximum Gasteiger partial charge on any atom is 0.304 e. The summed E-state index contributed by atoms with van der Waals surface area (Å²) in [6.07, 6.45) is 0. The third-order valence-electron chi connectivity index (χ3n) is 0.380. The minimum atomic E-state index is -0.318. The molecule has 3 nitrogen and oxygen atoms in total. The van der Waals surface area contributed by atoms with Gasteiger partial charge in [0, 0.05) is 14.0 Å². The zero-order valence-corrected chi connectivity index (χ0v) is 9.42. The fourth-order valence-electron chi connectivity index (χ4n) is 0.142. The number of hydrogen-bond acceptors (Lipinski definition) is 3. The minimum absolute atomic E-state index is 0.0509. The van der Waals surface area contributed by atoms with Gasteiger partial charge in [0.05, 0.1) is 0 Å². The van der Waals surface area contributed by atoms with Crippen molar-refractivity contribution in [2.75, 3.05) is 13.9 Å². The molecule has 0 aromatic carbocycles. The average molecular weight is 190 g/mol. The molecule has 0 saturated carbocycles. The standard InChI is InChI=1S/C4H8O3.C4H10.C2H4/c1-4(5)7-3-6-2;1-4(2)3;1-2/h3H2,1-2H3;4H,1-3H3;1-2H2. The van der Waals surface area contributed by atoms with Crippen LogP contribution in [0, 0.1) is 5.92 Å². The Morgan fingerprint density at radius 3 is 1.69 bits per heavy atom. The Kier molecular flexibility index (Phi) is 24.0. The predicted octanol–water partition coefficient (Wildman–Crippen LogP) is 2.62. The molecule has 0 radical (unpaired) electrons. The van der Waals surface area contributed by atoms with E-state index in [0.717, 1.165) is 5.92 Å². The molecule has 0 bridgehead atoms. The van der Waals surface area contributed by atoms with Gasteiger partial charge < -0.3 is 9.47 Å². The van der Waals surface area contributed by atoms with E-state index in [9.17, 15) is 4.79 Å². The number of esters is 1. The molecule has 0 aliphatic carbocycles. The zero-order chi connectivity index (χ0) is 11.3. The van der Waals surface area contributed by atoms with Gasteiger partial charge in [0.1, 0.15) is 0 Å². The SMILES string of the molecule is C=C.CC(C)C.COCOC(C)=O. The Hall–Kier alpha value is -0.830. The molecule has 0 aliphatic heterocycles. The fraction of sp³-hybridized carbons (Fsp3) is 0.700. The third kappa shape index (κ3) is 93.5. The second-order valence-electron chi connectivity index (χ2n) is 2.77. The van der Waals surface area contributed by atoms with Crippen molar-refractivity contribution in [3.05, 3.63) is 13.2 Å².